The summed E-state index contributed by atoms with van der Waals surface area (Å²) in [4.78, 5) is 32.4. The number of rotatable bonds is 7. The minimum absolute atomic E-state index is 0.0427. The van der Waals surface area contributed by atoms with Crippen molar-refractivity contribution in [3.8, 4) is 5.75 Å². The van der Waals surface area contributed by atoms with Gasteiger partial charge < -0.3 is 19.3 Å². The fraction of sp³-hybridized carbons (Fsp3) is 0.281. The van der Waals surface area contributed by atoms with Gasteiger partial charge in [0.2, 0.25) is 0 Å². The van der Waals surface area contributed by atoms with Crippen molar-refractivity contribution < 1.29 is 19.4 Å². The number of Topliss-reactive ketones (excluding diaryl/α,β-unsaturated/α-hetero) is 1. The maximum Gasteiger partial charge on any atom is 0.295 e. The number of carbonyl (C=O) groups is 2. The number of nitrogens with zero attached hydrogens (tertiary/aromatic N) is 3. The van der Waals surface area contributed by atoms with Gasteiger partial charge in [0.15, 0.2) is 0 Å². The van der Waals surface area contributed by atoms with E-state index in [1.165, 1.54) is 0 Å². The Morgan fingerprint density at radius 3 is 2.36 bits per heavy atom. The van der Waals surface area contributed by atoms with Crippen LogP contribution < -0.4 is 4.74 Å². The summed E-state index contributed by atoms with van der Waals surface area (Å²) in [5.41, 5.74) is 2.49. The SMILES string of the molecule is COc1ccc2cc(/C(O)=C3\C(=O)C(=O)N(CCCn4ccnc4)C3c3ccc(C(C)(C)C)cc3)ccc2c1. The third-order valence-electron chi connectivity index (χ3n) is 7.33. The minimum atomic E-state index is -0.687. The number of methoxy groups -OCH3 is 1. The van der Waals surface area contributed by atoms with E-state index < -0.39 is 17.7 Å². The Morgan fingerprint density at radius 2 is 1.69 bits per heavy atom. The number of amides is 1. The van der Waals surface area contributed by atoms with Gasteiger partial charge in [-0.25, -0.2) is 4.98 Å². The van der Waals surface area contributed by atoms with Crippen LogP contribution >= 0.6 is 0 Å². The minimum Gasteiger partial charge on any atom is -0.507 e. The van der Waals surface area contributed by atoms with Gasteiger partial charge in [0.05, 0.1) is 25.1 Å². The first-order valence-corrected chi connectivity index (χ1v) is 13.1. The molecule has 0 saturated carbocycles. The second kappa shape index (κ2) is 10.4. The van der Waals surface area contributed by atoms with E-state index in [0.29, 0.717) is 25.1 Å². The molecule has 0 bridgehead atoms. The molecule has 7 nitrogen and oxygen atoms in total. The maximum atomic E-state index is 13.4. The summed E-state index contributed by atoms with van der Waals surface area (Å²) >= 11 is 0. The van der Waals surface area contributed by atoms with Crippen molar-refractivity contribution >= 4 is 28.2 Å². The van der Waals surface area contributed by atoms with Crippen LogP contribution in [0.3, 0.4) is 0 Å². The molecule has 200 valence electrons. The molecule has 1 saturated heterocycles. The molecule has 39 heavy (non-hydrogen) atoms. The highest BCUT2D eigenvalue weighted by atomic mass is 16.5. The van der Waals surface area contributed by atoms with Gasteiger partial charge in [-0.05, 0) is 51.9 Å². The largest absolute Gasteiger partial charge is 0.507 e. The Labute approximate surface area is 228 Å². The number of imidazole rings is 1. The summed E-state index contributed by atoms with van der Waals surface area (Å²) < 4.78 is 7.25. The lowest BCUT2D eigenvalue weighted by atomic mass is 9.85. The average Bonchev–Trinajstić information content (AvgIpc) is 3.54. The molecule has 4 aromatic rings. The number of aliphatic hydroxyl groups is 1. The average molecular weight is 524 g/mol. The first-order chi connectivity index (χ1) is 18.7. The number of likely N-dealkylation sites (tertiary alicyclic amines) is 1. The van der Waals surface area contributed by atoms with Crippen molar-refractivity contribution in [2.45, 2.75) is 45.2 Å². The fourth-order valence-electron chi connectivity index (χ4n) is 5.12. The second-order valence-electron chi connectivity index (χ2n) is 10.9. The number of aryl methyl sites for hydroxylation is 1. The van der Waals surface area contributed by atoms with E-state index in [0.717, 1.165) is 27.6 Å². The van der Waals surface area contributed by atoms with Crippen molar-refractivity contribution in [1.29, 1.82) is 0 Å². The Balaban J connectivity index is 1.56. The Kier molecular flexibility index (Phi) is 7.00. The number of ether oxygens (including phenoxy) is 1. The molecule has 7 heteroatoms. The van der Waals surface area contributed by atoms with Crippen LogP contribution in [-0.2, 0) is 21.5 Å². The van der Waals surface area contributed by atoms with E-state index in [9.17, 15) is 14.7 Å². The van der Waals surface area contributed by atoms with Crippen LogP contribution in [-0.4, -0.2) is 44.9 Å². The van der Waals surface area contributed by atoms with E-state index in [-0.39, 0.29) is 16.7 Å². The molecule has 1 amide bonds. The molecule has 3 aromatic carbocycles. The molecule has 0 aliphatic carbocycles. The van der Waals surface area contributed by atoms with Crippen LogP contribution in [0.25, 0.3) is 16.5 Å². The third-order valence-corrected chi connectivity index (χ3v) is 7.33. The molecule has 1 aliphatic heterocycles. The zero-order chi connectivity index (χ0) is 27.7. The molecule has 1 fully saturated rings. The first kappa shape index (κ1) is 26.2. The lowest BCUT2D eigenvalue weighted by Gasteiger charge is -2.26. The number of aromatic nitrogens is 2. The van der Waals surface area contributed by atoms with E-state index in [1.807, 2.05) is 65.4 Å². The number of carbonyl (C=O) groups excluding carboxylic acids is 2. The van der Waals surface area contributed by atoms with Gasteiger partial charge in [0.1, 0.15) is 11.5 Å². The van der Waals surface area contributed by atoms with Gasteiger partial charge in [-0.2, -0.15) is 0 Å². The molecule has 1 atom stereocenters. The molecular weight excluding hydrogens is 490 g/mol. The van der Waals surface area contributed by atoms with E-state index in [1.54, 1.807) is 30.6 Å². The molecule has 1 unspecified atom stereocenters. The number of aliphatic hydroxyl groups excluding tert-OH is 1. The smallest absolute Gasteiger partial charge is 0.295 e. The van der Waals surface area contributed by atoms with E-state index >= 15 is 0 Å². The fourth-order valence-corrected chi connectivity index (χ4v) is 5.12. The highest BCUT2D eigenvalue weighted by molar-refractivity contribution is 6.46. The third kappa shape index (κ3) is 5.17. The molecule has 1 N–H and O–H groups in total. The number of ketones is 1. The monoisotopic (exact) mass is 523 g/mol. The number of fused-ring (bicyclic) bond motifs is 1. The van der Waals surface area contributed by atoms with Crippen LogP contribution in [0.2, 0.25) is 0 Å². The van der Waals surface area contributed by atoms with Crippen LogP contribution in [0.1, 0.15) is 49.9 Å². The number of hydrogen-bond donors (Lipinski definition) is 1. The predicted molar refractivity (Wildman–Crippen MR) is 151 cm³/mol. The van der Waals surface area contributed by atoms with Gasteiger partial charge in [-0.1, -0.05) is 63.2 Å². The highest BCUT2D eigenvalue weighted by Crippen LogP contribution is 2.40. The normalized spacial score (nSPS) is 17.2. The Hall–Kier alpha value is -4.39. The molecule has 0 radical (unpaired) electrons. The quantitative estimate of drug-likeness (QED) is 0.187. The molecule has 2 heterocycles. The molecule has 1 aliphatic rings. The van der Waals surface area contributed by atoms with Crippen LogP contribution in [0.4, 0.5) is 0 Å². The summed E-state index contributed by atoms with van der Waals surface area (Å²) in [6.07, 6.45) is 5.94. The Bertz CT molecular complexity index is 1550. The number of benzene rings is 3. The lowest BCUT2D eigenvalue weighted by Crippen LogP contribution is -2.31. The number of hydrogen-bond acceptors (Lipinski definition) is 5. The van der Waals surface area contributed by atoms with Crippen LogP contribution in [0.15, 0.2) is 85.0 Å². The van der Waals surface area contributed by atoms with E-state index in [4.69, 9.17) is 4.74 Å². The van der Waals surface area contributed by atoms with Gasteiger partial charge >= 0.3 is 0 Å². The topological polar surface area (TPSA) is 84.7 Å². The second-order valence-corrected chi connectivity index (χ2v) is 10.9. The van der Waals surface area contributed by atoms with Crippen LogP contribution in [0, 0.1) is 0 Å². The zero-order valence-corrected chi connectivity index (χ0v) is 22.7. The van der Waals surface area contributed by atoms with Crippen molar-refractivity contribution in [2.75, 3.05) is 13.7 Å². The molecule has 0 spiro atoms. The van der Waals surface area contributed by atoms with Gasteiger partial charge in [-0.15, -0.1) is 0 Å². The predicted octanol–water partition coefficient (Wildman–Crippen LogP) is 5.85. The first-order valence-electron chi connectivity index (χ1n) is 13.1. The van der Waals surface area contributed by atoms with Crippen LogP contribution in [0.5, 0.6) is 5.75 Å². The molecule has 5 rings (SSSR count). The van der Waals surface area contributed by atoms with Gasteiger partial charge in [-0.3, -0.25) is 9.59 Å². The van der Waals surface area contributed by atoms with E-state index in [2.05, 4.69) is 25.8 Å². The maximum absolute atomic E-state index is 13.4. The zero-order valence-electron chi connectivity index (χ0n) is 22.7. The highest BCUT2D eigenvalue weighted by Gasteiger charge is 2.45. The summed E-state index contributed by atoms with van der Waals surface area (Å²) in [7, 11) is 1.61. The summed E-state index contributed by atoms with van der Waals surface area (Å²) in [5, 5.41) is 13.4. The van der Waals surface area contributed by atoms with Crippen molar-refractivity contribution in [3.63, 3.8) is 0 Å². The van der Waals surface area contributed by atoms with Gasteiger partial charge in [0, 0.05) is 31.0 Å². The Morgan fingerprint density at radius 1 is 0.974 bits per heavy atom. The molecular formula is C32H33N3O4. The summed E-state index contributed by atoms with van der Waals surface area (Å²) in [6.45, 7) is 7.44. The summed E-state index contributed by atoms with van der Waals surface area (Å²) in [5.74, 6) is -0.708. The standard InChI is InChI=1S/C32H33N3O4/c1-32(2,3)25-11-8-21(9-12-25)28-27(30(37)31(38)35(28)16-5-15-34-17-14-33-20-34)29(36)24-7-6-23-19-26(39-4)13-10-22(23)18-24/h6-14,17-20,28,36H,5,15-16H2,1-4H3/b29-27+. The summed E-state index contributed by atoms with van der Waals surface area (Å²) in [6, 6.07) is 18.4. The lowest BCUT2D eigenvalue weighted by molar-refractivity contribution is -0.139. The molecule has 1 aromatic heterocycles. The van der Waals surface area contributed by atoms with Crippen molar-refractivity contribution in [3.05, 3.63) is 102 Å². The van der Waals surface area contributed by atoms with Crippen molar-refractivity contribution in [2.24, 2.45) is 0 Å². The van der Waals surface area contributed by atoms with Crippen molar-refractivity contribution in [1.82, 2.24) is 14.5 Å². The van der Waals surface area contributed by atoms with Gasteiger partial charge in [0.25, 0.3) is 11.7 Å².